The molecule has 0 unspecified atom stereocenters. The zero-order valence-corrected chi connectivity index (χ0v) is 12.6. The van der Waals surface area contributed by atoms with E-state index < -0.39 is 0 Å². The van der Waals surface area contributed by atoms with Crippen molar-refractivity contribution in [2.45, 2.75) is 32.6 Å². The maximum absolute atomic E-state index is 8.57. The van der Waals surface area contributed by atoms with Gasteiger partial charge in [-0.3, -0.25) is 0 Å². The maximum atomic E-state index is 8.57. The van der Waals surface area contributed by atoms with Crippen molar-refractivity contribution in [2.75, 3.05) is 47.0 Å². The van der Waals surface area contributed by atoms with Crippen LogP contribution >= 0.6 is 0 Å². The number of ether oxygens (including phenoxy) is 1. The second-order valence-electron chi connectivity index (χ2n) is 4.78. The highest BCUT2D eigenvalue weighted by Gasteiger charge is 2.13. The van der Waals surface area contributed by atoms with Crippen LogP contribution in [-0.4, -0.2) is 56.6 Å². The summed E-state index contributed by atoms with van der Waals surface area (Å²) in [5, 5.41) is 8.57. The molecule has 0 saturated carbocycles. The van der Waals surface area contributed by atoms with E-state index in [0.29, 0.717) is 6.61 Å². The number of aliphatic hydroxyl groups excluding tert-OH is 1. The van der Waals surface area contributed by atoms with Crippen molar-refractivity contribution in [1.29, 1.82) is 0 Å². The van der Waals surface area contributed by atoms with Crippen molar-refractivity contribution in [1.82, 2.24) is 0 Å². The monoisotopic (exact) mass is 297 g/mol. The predicted octanol–water partition coefficient (Wildman–Crippen LogP) is -1.34. The van der Waals surface area contributed by atoms with Crippen LogP contribution in [0.1, 0.15) is 32.6 Å². The van der Waals surface area contributed by atoms with Crippen molar-refractivity contribution < 1.29 is 31.3 Å². The van der Waals surface area contributed by atoms with Gasteiger partial charge in [0.25, 0.3) is 0 Å². The molecular formula is C12H28BrNO2. The first kappa shape index (κ1) is 18.7. The minimum Gasteiger partial charge on any atom is -1.00 e. The number of aliphatic hydroxyl groups is 1. The van der Waals surface area contributed by atoms with Gasteiger partial charge in [0.05, 0.1) is 40.5 Å². The molecule has 0 aromatic carbocycles. The number of unbranched alkanes of at least 4 members (excludes halogenated alkanes) is 3. The van der Waals surface area contributed by atoms with E-state index in [0.717, 1.165) is 17.6 Å². The lowest BCUT2D eigenvalue weighted by atomic mass is 10.2. The van der Waals surface area contributed by atoms with E-state index in [9.17, 15) is 0 Å². The zero-order valence-electron chi connectivity index (χ0n) is 11.0. The predicted molar refractivity (Wildman–Crippen MR) is 63.9 cm³/mol. The van der Waals surface area contributed by atoms with Gasteiger partial charge in [0.15, 0.2) is 0 Å². The standard InChI is InChI=1S/C12H28NO2.BrH/c1-4-5-6-7-8-13(2,3)9-11-15-12-10-14;/h14H,4-12H2,1-3H3;1H/q+1;/p-1. The Kier molecular flexibility index (Phi) is 13.8. The van der Waals surface area contributed by atoms with Crippen LogP contribution in [0.5, 0.6) is 0 Å². The van der Waals surface area contributed by atoms with Gasteiger partial charge in [-0.25, -0.2) is 0 Å². The molecule has 0 radical (unpaired) electrons. The minimum atomic E-state index is 0. The van der Waals surface area contributed by atoms with Crippen LogP contribution in [0.3, 0.4) is 0 Å². The van der Waals surface area contributed by atoms with Gasteiger partial charge >= 0.3 is 0 Å². The number of nitrogens with zero attached hydrogens (tertiary/aromatic N) is 1. The normalized spacial score (nSPS) is 11.2. The lowest BCUT2D eigenvalue weighted by Crippen LogP contribution is -3.00. The number of halogens is 1. The minimum absolute atomic E-state index is 0. The van der Waals surface area contributed by atoms with E-state index in [1.807, 2.05) is 0 Å². The summed E-state index contributed by atoms with van der Waals surface area (Å²) in [7, 11) is 4.49. The molecule has 0 atom stereocenters. The Hall–Kier alpha value is 0.360. The second-order valence-corrected chi connectivity index (χ2v) is 4.78. The van der Waals surface area contributed by atoms with Gasteiger partial charge in [0, 0.05) is 0 Å². The fraction of sp³-hybridized carbons (Fsp3) is 1.00. The first-order valence-electron chi connectivity index (χ1n) is 6.13. The highest BCUT2D eigenvalue weighted by molar-refractivity contribution is 4.41. The summed E-state index contributed by atoms with van der Waals surface area (Å²) in [6.07, 6.45) is 5.30. The molecule has 0 aliphatic heterocycles. The van der Waals surface area contributed by atoms with Gasteiger partial charge in [-0.1, -0.05) is 19.8 Å². The third kappa shape index (κ3) is 12.4. The topological polar surface area (TPSA) is 29.5 Å². The number of hydrogen-bond acceptors (Lipinski definition) is 2. The largest absolute Gasteiger partial charge is 1.00 e. The molecule has 16 heavy (non-hydrogen) atoms. The average Bonchev–Trinajstić information content (AvgIpc) is 2.20. The number of likely N-dealkylation sites (N-methyl/N-ethyl adjacent to an activating group) is 1. The van der Waals surface area contributed by atoms with Crippen molar-refractivity contribution in [3.8, 4) is 0 Å². The Morgan fingerprint density at radius 2 is 1.69 bits per heavy atom. The Labute approximate surface area is 111 Å². The van der Waals surface area contributed by atoms with E-state index in [2.05, 4.69) is 21.0 Å². The fourth-order valence-electron chi connectivity index (χ4n) is 1.56. The molecule has 0 aliphatic carbocycles. The number of quaternary nitrogens is 1. The molecule has 0 rings (SSSR count). The third-order valence-corrected chi connectivity index (χ3v) is 2.69. The summed E-state index contributed by atoms with van der Waals surface area (Å²) < 4.78 is 6.30. The van der Waals surface area contributed by atoms with Gasteiger partial charge < -0.3 is 31.3 Å². The molecule has 0 aliphatic rings. The lowest BCUT2D eigenvalue weighted by molar-refractivity contribution is -0.891. The van der Waals surface area contributed by atoms with Crippen molar-refractivity contribution >= 4 is 0 Å². The molecule has 0 bridgehead atoms. The highest BCUT2D eigenvalue weighted by atomic mass is 79.9. The van der Waals surface area contributed by atoms with Gasteiger partial charge in [0.2, 0.25) is 0 Å². The van der Waals surface area contributed by atoms with Crippen molar-refractivity contribution in [3.63, 3.8) is 0 Å². The van der Waals surface area contributed by atoms with Crippen LogP contribution < -0.4 is 17.0 Å². The molecule has 0 spiro atoms. The highest BCUT2D eigenvalue weighted by Crippen LogP contribution is 2.05. The number of rotatable bonds is 10. The maximum Gasteiger partial charge on any atom is 0.102 e. The molecule has 0 fully saturated rings. The smallest absolute Gasteiger partial charge is 0.102 e. The van der Waals surface area contributed by atoms with Crippen LogP contribution in [-0.2, 0) is 4.74 Å². The van der Waals surface area contributed by atoms with E-state index >= 15 is 0 Å². The Morgan fingerprint density at radius 3 is 2.25 bits per heavy atom. The molecule has 4 heteroatoms. The molecule has 1 N–H and O–H groups in total. The van der Waals surface area contributed by atoms with Gasteiger partial charge in [-0.2, -0.15) is 0 Å². The van der Waals surface area contributed by atoms with Crippen molar-refractivity contribution in [2.24, 2.45) is 0 Å². The van der Waals surface area contributed by atoms with Gasteiger partial charge in [-0.15, -0.1) is 0 Å². The quantitative estimate of drug-likeness (QED) is 0.399. The van der Waals surface area contributed by atoms with Crippen molar-refractivity contribution in [3.05, 3.63) is 0 Å². The molecule has 0 aromatic rings. The van der Waals surface area contributed by atoms with Crippen LogP contribution in [0.4, 0.5) is 0 Å². The summed E-state index contributed by atoms with van der Waals surface area (Å²) in [5.74, 6) is 0. The van der Waals surface area contributed by atoms with E-state index in [1.165, 1.54) is 32.2 Å². The van der Waals surface area contributed by atoms with E-state index in [4.69, 9.17) is 9.84 Å². The molecule has 0 saturated heterocycles. The Morgan fingerprint density at radius 1 is 1.00 bits per heavy atom. The van der Waals surface area contributed by atoms with E-state index in [-0.39, 0.29) is 23.6 Å². The third-order valence-electron chi connectivity index (χ3n) is 2.69. The zero-order chi connectivity index (χ0) is 11.6. The summed E-state index contributed by atoms with van der Waals surface area (Å²) >= 11 is 0. The summed E-state index contributed by atoms with van der Waals surface area (Å²) in [6, 6.07) is 0. The first-order valence-corrected chi connectivity index (χ1v) is 6.13. The molecule has 0 heterocycles. The fourth-order valence-corrected chi connectivity index (χ4v) is 1.56. The number of hydrogen-bond donors (Lipinski definition) is 1. The lowest BCUT2D eigenvalue weighted by Gasteiger charge is -2.29. The summed E-state index contributed by atoms with van der Waals surface area (Å²) in [6.45, 7) is 5.85. The van der Waals surface area contributed by atoms with Gasteiger partial charge in [0.1, 0.15) is 6.54 Å². The molecule has 0 amide bonds. The first-order chi connectivity index (χ1) is 7.12. The van der Waals surface area contributed by atoms with Crippen LogP contribution in [0, 0.1) is 0 Å². The Bertz CT molecular complexity index is 129. The Balaban J connectivity index is 0. The summed E-state index contributed by atoms with van der Waals surface area (Å²) in [4.78, 5) is 0. The SMILES string of the molecule is CCCCCC[N+](C)(C)CCOCCO.[Br-]. The molecule has 100 valence electrons. The van der Waals surface area contributed by atoms with E-state index in [1.54, 1.807) is 0 Å². The van der Waals surface area contributed by atoms with Crippen LogP contribution in [0.2, 0.25) is 0 Å². The van der Waals surface area contributed by atoms with Gasteiger partial charge in [-0.05, 0) is 12.8 Å². The average molecular weight is 298 g/mol. The molecular weight excluding hydrogens is 270 g/mol. The second kappa shape index (κ2) is 11.8. The molecule has 3 nitrogen and oxygen atoms in total. The van der Waals surface area contributed by atoms with Crippen LogP contribution in [0.25, 0.3) is 0 Å². The molecule has 0 aromatic heterocycles. The van der Waals surface area contributed by atoms with Crippen LogP contribution in [0.15, 0.2) is 0 Å². The summed E-state index contributed by atoms with van der Waals surface area (Å²) in [5.41, 5.74) is 0.